The lowest BCUT2D eigenvalue weighted by Gasteiger charge is -2.22. The monoisotopic (exact) mass is 432 g/mol. The van der Waals surface area contributed by atoms with Crippen LogP contribution >= 0.6 is 0 Å². The van der Waals surface area contributed by atoms with E-state index in [0.29, 0.717) is 5.76 Å². The molecular weight excluding hydrogens is 408 g/mol. The second-order valence-electron chi connectivity index (χ2n) is 7.78. The van der Waals surface area contributed by atoms with E-state index in [2.05, 4.69) is 10.3 Å². The number of carbonyl (C=O) groups excluding carboxylic acids is 3. The number of Topliss-reactive ketones (excluding diaryl/α,β-unsaturated/α-hetero) is 2. The molecule has 1 aromatic heterocycles. The van der Waals surface area contributed by atoms with E-state index in [9.17, 15) is 22.8 Å². The van der Waals surface area contributed by atoms with Gasteiger partial charge in [0.25, 0.3) is 5.91 Å². The van der Waals surface area contributed by atoms with E-state index in [4.69, 9.17) is 4.42 Å². The molecule has 1 aromatic carbocycles. The fourth-order valence-corrected chi connectivity index (χ4v) is 5.27. The second-order valence-corrected chi connectivity index (χ2v) is 9.82. The van der Waals surface area contributed by atoms with E-state index in [1.54, 1.807) is 32.0 Å². The van der Waals surface area contributed by atoms with Gasteiger partial charge in [-0.25, -0.2) is 13.4 Å². The minimum Gasteiger partial charge on any atom is -0.444 e. The van der Waals surface area contributed by atoms with E-state index in [1.165, 1.54) is 18.3 Å². The molecule has 9 heteroatoms. The van der Waals surface area contributed by atoms with Crippen molar-refractivity contribution in [2.24, 2.45) is 17.8 Å². The number of rotatable bonds is 7. The quantitative estimate of drug-likeness (QED) is 0.661. The molecule has 1 aliphatic heterocycles. The lowest BCUT2D eigenvalue weighted by Crippen LogP contribution is -2.38. The molecule has 2 heterocycles. The highest BCUT2D eigenvalue weighted by Crippen LogP contribution is 2.25. The molecule has 0 fully saturated rings. The molecule has 30 heavy (non-hydrogen) atoms. The zero-order valence-electron chi connectivity index (χ0n) is 16.8. The van der Waals surface area contributed by atoms with Crippen LogP contribution in [0.2, 0.25) is 0 Å². The number of aromatic nitrogens is 1. The Labute approximate surface area is 175 Å². The summed E-state index contributed by atoms with van der Waals surface area (Å²) in [4.78, 5) is 41.9. The number of sulfone groups is 1. The van der Waals surface area contributed by atoms with E-state index in [0.717, 1.165) is 0 Å². The van der Waals surface area contributed by atoms with Crippen molar-refractivity contribution in [3.8, 4) is 0 Å². The maximum absolute atomic E-state index is 13.1. The van der Waals surface area contributed by atoms with Crippen molar-refractivity contribution in [2.45, 2.75) is 38.1 Å². The molecule has 160 valence electrons. The van der Waals surface area contributed by atoms with Crippen molar-refractivity contribution >= 4 is 27.3 Å². The summed E-state index contributed by atoms with van der Waals surface area (Å²) in [5.41, 5.74) is 0. The number of benzene rings is 1. The smallest absolute Gasteiger partial charge is 0.288 e. The summed E-state index contributed by atoms with van der Waals surface area (Å²) in [6, 6.07) is 7.95. The predicted octanol–water partition coefficient (Wildman–Crippen LogP) is 1.74. The van der Waals surface area contributed by atoms with Gasteiger partial charge in [0, 0.05) is 24.7 Å². The van der Waals surface area contributed by atoms with Crippen LogP contribution in [0.25, 0.3) is 0 Å². The third kappa shape index (κ3) is 5.02. The normalized spacial score (nSPS) is 18.3. The zero-order valence-corrected chi connectivity index (χ0v) is 17.6. The molecule has 0 saturated carbocycles. The van der Waals surface area contributed by atoms with E-state index in [1.807, 2.05) is 0 Å². The van der Waals surface area contributed by atoms with Gasteiger partial charge in [0.05, 0.1) is 23.4 Å². The van der Waals surface area contributed by atoms with Gasteiger partial charge >= 0.3 is 0 Å². The number of nitrogens with zero attached hydrogens (tertiary/aromatic N) is 1. The van der Waals surface area contributed by atoms with Crippen LogP contribution < -0.4 is 5.32 Å². The Morgan fingerprint density at radius 2 is 1.93 bits per heavy atom. The number of hydrogen-bond acceptors (Lipinski definition) is 7. The van der Waals surface area contributed by atoms with Gasteiger partial charge in [-0.3, -0.25) is 14.4 Å². The number of hydrogen-bond donors (Lipinski definition) is 1. The van der Waals surface area contributed by atoms with Crippen molar-refractivity contribution in [1.82, 2.24) is 10.3 Å². The molecule has 3 rings (SSSR count). The molecule has 1 N–H and O–H groups in total. The molecule has 0 spiro atoms. The lowest BCUT2D eigenvalue weighted by atomic mass is 9.85. The summed E-state index contributed by atoms with van der Waals surface area (Å²) in [7, 11) is -3.68. The Hall–Kier alpha value is -2.81. The Balaban J connectivity index is 1.80. The summed E-state index contributed by atoms with van der Waals surface area (Å²) >= 11 is 0. The van der Waals surface area contributed by atoms with Crippen LogP contribution in [-0.4, -0.2) is 36.6 Å². The predicted molar refractivity (Wildman–Crippen MR) is 107 cm³/mol. The Bertz CT molecular complexity index is 1040. The van der Waals surface area contributed by atoms with Crippen LogP contribution in [-0.2, 0) is 37.2 Å². The number of fused-ring (bicyclic) bond motifs is 2. The highest BCUT2D eigenvalue weighted by molar-refractivity contribution is 7.91. The maximum atomic E-state index is 13.1. The average Bonchev–Trinajstić information content (AvgIpc) is 3.17. The minimum atomic E-state index is -3.68. The summed E-state index contributed by atoms with van der Waals surface area (Å²) in [5, 5.41) is 2.43. The molecule has 2 bridgehead atoms. The molecule has 1 amide bonds. The largest absolute Gasteiger partial charge is 0.444 e. The van der Waals surface area contributed by atoms with Gasteiger partial charge in [-0.2, -0.15) is 0 Å². The first kappa shape index (κ1) is 21.9. The Morgan fingerprint density at radius 1 is 1.23 bits per heavy atom. The number of nitrogens with one attached hydrogen (secondary N) is 1. The van der Waals surface area contributed by atoms with Crippen LogP contribution in [0, 0.1) is 17.8 Å². The first-order chi connectivity index (χ1) is 14.2. The average molecular weight is 432 g/mol. The molecule has 0 aliphatic carbocycles. The summed E-state index contributed by atoms with van der Waals surface area (Å²) in [6.45, 7) is 3.53. The molecule has 0 radical (unpaired) electrons. The van der Waals surface area contributed by atoms with Crippen LogP contribution in [0.15, 0.2) is 45.8 Å². The van der Waals surface area contributed by atoms with E-state index >= 15 is 0 Å². The topological polar surface area (TPSA) is 123 Å². The maximum Gasteiger partial charge on any atom is 0.288 e. The lowest BCUT2D eigenvalue weighted by molar-refractivity contribution is -0.141. The van der Waals surface area contributed by atoms with Gasteiger partial charge in [-0.15, -0.1) is 0 Å². The number of amides is 1. The van der Waals surface area contributed by atoms with Gasteiger partial charge in [0.2, 0.25) is 11.7 Å². The molecule has 8 nitrogen and oxygen atoms in total. The highest BCUT2D eigenvalue weighted by atomic mass is 32.2. The third-order valence-corrected chi connectivity index (χ3v) is 7.00. The zero-order chi connectivity index (χ0) is 21.9. The van der Waals surface area contributed by atoms with Gasteiger partial charge in [-0.05, 0) is 18.1 Å². The van der Waals surface area contributed by atoms with Gasteiger partial charge < -0.3 is 9.73 Å². The number of ketones is 2. The second kappa shape index (κ2) is 8.91. The number of carbonyl (C=O) groups is 3. The first-order valence-electron chi connectivity index (χ1n) is 9.73. The van der Waals surface area contributed by atoms with Crippen molar-refractivity contribution in [2.75, 3.05) is 5.75 Å². The fourth-order valence-electron chi connectivity index (χ4n) is 3.46. The van der Waals surface area contributed by atoms with Gasteiger partial charge in [0.15, 0.2) is 9.84 Å². The summed E-state index contributed by atoms with van der Waals surface area (Å²) < 4.78 is 31.0. The summed E-state index contributed by atoms with van der Waals surface area (Å²) in [6.07, 6.45) is 1.29. The molecular formula is C21H24N2O6S. The highest BCUT2D eigenvalue weighted by Gasteiger charge is 2.35. The number of oxazole rings is 1. The van der Waals surface area contributed by atoms with Crippen molar-refractivity contribution in [1.29, 1.82) is 0 Å². The van der Waals surface area contributed by atoms with Crippen molar-refractivity contribution in [3.63, 3.8) is 0 Å². The SMILES string of the molecule is CC(C)C(CS(=O)(=O)c1ccccc1)C(=O)CC1Cc2cnc(o2)CNC(=O)C1=O. The van der Waals surface area contributed by atoms with Crippen molar-refractivity contribution < 1.29 is 27.2 Å². The van der Waals surface area contributed by atoms with Gasteiger partial charge in [-0.1, -0.05) is 32.0 Å². The molecule has 2 atom stereocenters. The van der Waals surface area contributed by atoms with Crippen molar-refractivity contribution in [3.05, 3.63) is 48.2 Å². The molecule has 2 unspecified atom stereocenters. The van der Waals surface area contributed by atoms with Crippen LogP contribution in [0.4, 0.5) is 0 Å². The van der Waals surface area contributed by atoms with Crippen LogP contribution in [0.3, 0.4) is 0 Å². The van der Waals surface area contributed by atoms with Crippen LogP contribution in [0.1, 0.15) is 31.9 Å². The minimum absolute atomic E-state index is 0.00478. The Kier molecular flexibility index (Phi) is 6.50. The van der Waals surface area contributed by atoms with Gasteiger partial charge in [0.1, 0.15) is 11.5 Å². The third-order valence-electron chi connectivity index (χ3n) is 5.21. The first-order valence-corrected chi connectivity index (χ1v) is 11.4. The Morgan fingerprint density at radius 3 is 2.60 bits per heavy atom. The summed E-state index contributed by atoms with van der Waals surface area (Å²) in [5.74, 6) is -3.53. The van der Waals surface area contributed by atoms with Crippen LogP contribution in [0.5, 0.6) is 0 Å². The molecule has 1 aliphatic rings. The van der Waals surface area contributed by atoms with E-state index < -0.39 is 33.4 Å². The van der Waals surface area contributed by atoms with E-state index in [-0.39, 0.29) is 47.6 Å². The fraction of sp³-hybridized carbons (Fsp3) is 0.429. The molecule has 2 aromatic rings. The standard InChI is InChI=1S/C21H24N2O6S/c1-13(2)17(12-30(27,28)16-6-4-3-5-7-16)18(24)9-14-8-15-10-22-19(29-15)11-23-21(26)20(14)25/h3-7,10,13-14,17H,8-9,11-12H2,1-2H3,(H,23,26). The molecule has 0 saturated heterocycles.